The van der Waals surface area contributed by atoms with Crippen LogP contribution >= 0.6 is 11.3 Å². The van der Waals surface area contributed by atoms with Crippen molar-refractivity contribution in [1.82, 2.24) is 15.5 Å². The van der Waals surface area contributed by atoms with Gasteiger partial charge in [-0.2, -0.15) is 0 Å². The van der Waals surface area contributed by atoms with Crippen molar-refractivity contribution < 1.29 is 9.90 Å². The zero-order chi connectivity index (χ0) is 15.4. The van der Waals surface area contributed by atoms with Crippen molar-refractivity contribution >= 4 is 17.4 Å². The highest BCUT2D eigenvalue weighted by molar-refractivity contribution is 7.10. The topological polar surface area (TPSA) is 64.6 Å². The Morgan fingerprint density at radius 1 is 1.36 bits per heavy atom. The Bertz CT molecular complexity index is 511. The van der Waals surface area contributed by atoms with Gasteiger partial charge >= 0.3 is 6.03 Å². The van der Waals surface area contributed by atoms with Crippen LogP contribution in [0, 0.1) is 0 Å². The van der Waals surface area contributed by atoms with E-state index in [1.807, 2.05) is 11.3 Å². The maximum absolute atomic E-state index is 11.8. The summed E-state index contributed by atoms with van der Waals surface area (Å²) in [7, 11) is 0. The number of urea groups is 1. The molecule has 0 spiro atoms. The fraction of sp³-hybridized carbons (Fsp3) is 0.688. The van der Waals surface area contributed by atoms with Crippen molar-refractivity contribution in [3.05, 3.63) is 21.9 Å². The molecule has 0 bridgehead atoms. The zero-order valence-corrected chi connectivity index (χ0v) is 13.8. The number of amides is 2. The van der Waals surface area contributed by atoms with Crippen LogP contribution in [0.4, 0.5) is 4.79 Å². The fourth-order valence-electron chi connectivity index (χ4n) is 3.34. The molecule has 1 aromatic rings. The van der Waals surface area contributed by atoms with Crippen molar-refractivity contribution in [2.75, 3.05) is 26.2 Å². The van der Waals surface area contributed by atoms with E-state index in [-0.39, 0.29) is 6.03 Å². The first-order valence-corrected chi connectivity index (χ1v) is 9.04. The Kier molecular flexibility index (Phi) is 5.00. The van der Waals surface area contributed by atoms with Crippen molar-refractivity contribution in [2.24, 2.45) is 0 Å². The zero-order valence-electron chi connectivity index (χ0n) is 12.9. The molecule has 0 radical (unpaired) electrons. The van der Waals surface area contributed by atoms with Gasteiger partial charge in [-0.25, -0.2) is 4.79 Å². The monoisotopic (exact) mass is 323 g/mol. The summed E-state index contributed by atoms with van der Waals surface area (Å²) in [6, 6.07) is 2.03. The minimum atomic E-state index is -0.681. The minimum Gasteiger partial charge on any atom is -0.388 e. The summed E-state index contributed by atoms with van der Waals surface area (Å²) in [5, 5.41) is 18.0. The highest BCUT2D eigenvalue weighted by Gasteiger charge is 2.31. The third-order valence-electron chi connectivity index (χ3n) is 4.71. The van der Waals surface area contributed by atoms with Gasteiger partial charge in [0.1, 0.15) is 0 Å². The molecule has 2 heterocycles. The smallest absolute Gasteiger partial charge is 0.314 e. The third-order valence-corrected chi connectivity index (χ3v) is 5.74. The van der Waals surface area contributed by atoms with Crippen LogP contribution in [0.15, 0.2) is 11.4 Å². The van der Waals surface area contributed by atoms with Gasteiger partial charge in [-0.3, -0.25) is 4.90 Å². The van der Waals surface area contributed by atoms with Gasteiger partial charge in [0.2, 0.25) is 0 Å². The van der Waals surface area contributed by atoms with Gasteiger partial charge in [-0.05, 0) is 36.3 Å². The van der Waals surface area contributed by atoms with Crippen molar-refractivity contribution in [2.45, 2.75) is 44.2 Å². The molecule has 0 saturated heterocycles. The van der Waals surface area contributed by atoms with E-state index in [1.165, 1.54) is 10.4 Å². The Morgan fingerprint density at radius 2 is 2.18 bits per heavy atom. The van der Waals surface area contributed by atoms with Crippen LogP contribution in [-0.4, -0.2) is 47.8 Å². The summed E-state index contributed by atoms with van der Waals surface area (Å²) in [6.07, 6.45) is 4.82. The Balaban J connectivity index is 1.32. The van der Waals surface area contributed by atoms with E-state index in [9.17, 15) is 9.90 Å². The normalized spacial score (nSPS) is 20.6. The van der Waals surface area contributed by atoms with E-state index in [0.717, 1.165) is 51.7 Å². The number of thiophene rings is 1. The van der Waals surface area contributed by atoms with Gasteiger partial charge in [0, 0.05) is 37.6 Å². The lowest BCUT2D eigenvalue weighted by Gasteiger charge is -2.27. The molecule has 3 rings (SSSR count). The number of nitrogens with one attached hydrogen (secondary N) is 2. The van der Waals surface area contributed by atoms with Gasteiger partial charge in [-0.15, -0.1) is 11.3 Å². The standard InChI is InChI=1S/C16H25N3O2S/c20-15(18-12-16(21)5-1-2-6-16)17-7-9-19-8-3-14-13(11-19)4-10-22-14/h4,10,21H,1-3,5-9,11-12H2,(H2,17,18,20). The van der Waals surface area contributed by atoms with Crippen LogP contribution in [0.25, 0.3) is 0 Å². The van der Waals surface area contributed by atoms with Crippen molar-refractivity contribution in [3.8, 4) is 0 Å². The number of hydrogen-bond acceptors (Lipinski definition) is 4. The number of carbonyl (C=O) groups excluding carboxylic acids is 1. The molecule has 1 saturated carbocycles. The number of carbonyl (C=O) groups is 1. The molecule has 22 heavy (non-hydrogen) atoms. The predicted octanol–water partition coefficient (Wildman–Crippen LogP) is 1.71. The molecule has 0 aromatic carbocycles. The summed E-state index contributed by atoms with van der Waals surface area (Å²) < 4.78 is 0. The van der Waals surface area contributed by atoms with Crippen molar-refractivity contribution in [1.29, 1.82) is 0 Å². The van der Waals surface area contributed by atoms with Crippen LogP contribution in [0.1, 0.15) is 36.1 Å². The van der Waals surface area contributed by atoms with E-state index < -0.39 is 5.60 Å². The summed E-state index contributed by atoms with van der Waals surface area (Å²) in [5.41, 5.74) is 0.753. The average molecular weight is 323 g/mol. The minimum absolute atomic E-state index is 0.173. The second kappa shape index (κ2) is 6.98. The lowest BCUT2D eigenvalue weighted by atomic mass is 10.0. The first-order valence-electron chi connectivity index (χ1n) is 8.16. The summed E-state index contributed by atoms with van der Waals surface area (Å²) in [5.74, 6) is 0. The van der Waals surface area contributed by atoms with Crippen LogP contribution in [0.2, 0.25) is 0 Å². The van der Waals surface area contributed by atoms with Crippen LogP contribution in [0.5, 0.6) is 0 Å². The van der Waals surface area contributed by atoms with E-state index in [4.69, 9.17) is 0 Å². The molecule has 6 heteroatoms. The molecular weight excluding hydrogens is 298 g/mol. The van der Waals surface area contributed by atoms with Gasteiger partial charge in [0.25, 0.3) is 0 Å². The number of rotatable bonds is 5. The van der Waals surface area contributed by atoms with Gasteiger partial charge in [0.15, 0.2) is 0 Å². The molecule has 0 atom stereocenters. The molecule has 2 aliphatic rings. The Labute approximate surface area is 135 Å². The molecule has 1 aliphatic carbocycles. The van der Waals surface area contributed by atoms with E-state index >= 15 is 0 Å². The third kappa shape index (κ3) is 4.00. The van der Waals surface area contributed by atoms with E-state index in [0.29, 0.717) is 13.1 Å². The molecule has 2 amide bonds. The lowest BCUT2D eigenvalue weighted by molar-refractivity contribution is 0.0501. The second-order valence-electron chi connectivity index (χ2n) is 6.44. The fourth-order valence-corrected chi connectivity index (χ4v) is 4.23. The molecule has 0 unspecified atom stereocenters. The highest BCUT2D eigenvalue weighted by atomic mass is 32.1. The molecular formula is C16H25N3O2S. The maximum atomic E-state index is 11.8. The first-order chi connectivity index (χ1) is 10.6. The largest absolute Gasteiger partial charge is 0.388 e. The van der Waals surface area contributed by atoms with Crippen LogP contribution in [-0.2, 0) is 13.0 Å². The van der Waals surface area contributed by atoms with E-state index in [2.05, 4.69) is 27.0 Å². The molecule has 122 valence electrons. The molecule has 5 nitrogen and oxygen atoms in total. The van der Waals surface area contributed by atoms with E-state index in [1.54, 1.807) is 0 Å². The number of nitrogens with zero attached hydrogens (tertiary/aromatic N) is 1. The molecule has 3 N–H and O–H groups in total. The summed E-state index contributed by atoms with van der Waals surface area (Å²) in [4.78, 5) is 15.7. The summed E-state index contributed by atoms with van der Waals surface area (Å²) >= 11 is 1.84. The average Bonchev–Trinajstić information content (AvgIpc) is 3.14. The predicted molar refractivity (Wildman–Crippen MR) is 88.1 cm³/mol. The SMILES string of the molecule is O=C(NCCN1CCc2sccc2C1)NCC1(O)CCCC1. The maximum Gasteiger partial charge on any atom is 0.314 e. The number of hydrogen-bond donors (Lipinski definition) is 3. The Morgan fingerprint density at radius 3 is 3.00 bits per heavy atom. The van der Waals surface area contributed by atoms with Gasteiger partial charge < -0.3 is 15.7 Å². The lowest BCUT2D eigenvalue weighted by Crippen LogP contribution is -2.46. The van der Waals surface area contributed by atoms with Gasteiger partial charge in [0.05, 0.1) is 5.60 Å². The highest BCUT2D eigenvalue weighted by Crippen LogP contribution is 2.28. The quantitative estimate of drug-likeness (QED) is 0.773. The van der Waals surface area contributed by atoms with Crippen LogP contribution in [0.3, 0.4) is 0 Å². The summed E-state index contributed by atoms with van der Waals surface area (Å²) in [6.45, 7) is 3.93. The first kappa shape index (κ1) is 15.8. The number of aliphatic hydroxyl groups is 1. The number of fused-ring (bicyclic) bond motifs is 1. The molecule has 1 aromatic heterocycles. The second-order valence-corrected chi connectivity index (χ2v) is 7.44. The van der Waals surface area contributed by atoms with Crippen LogP contribution < -0.4 is 10.6 Å². The van der Waals surface area contributed by atoms with Crippen molar-refractivity contribution in [3.63, 3.8) is 0 Å². The van der Waals surface area contributed by atoms with Gasteiger partial charge in [-0.1, -0.05) is 12.8 Å². The Hall–Kier alpha value is -1.11. The molecule has 1 fully saturated rings. The molecule has 1 aliphatic heterocycles.